The average Bonchev–Trinajstić information content (AvgIpc) is 2.91. The van der Waals surface area contributed by atoms with Crippen LogP contribution in [0.2, 0.25) is 0 Å². The number of amides is 1. The molecule has 1 aliphatic heterocycles. The van der Waals surface area contributed by atoms with E-state index in [0.717, 1.165) is 12.8 Å². The van der Waals surface area contributed by atoms with Gasteiger partial charge in [-0.2, -0.15) is 0 Å². The molecule has 1 aliphatic carbocycles. The molecule has 1 N–H and O–H groups in total. The molecule has 2 heterocycles. The highest BCUT2D eigenvalue weighted by Gasteiger charge is 2.47. The predicted octanol–water partition coefficient (Wildman–Crippen LogP) is 1.33. The first kappa shape index (κ1) is 11.6. The Morgan fingerprint density at radius 1 is 1.39 bits per heavy atom. The van der Waals surface area contributed by atoms with Crippen LogP contribution < -0.4 is 0 Å². The fraction of sp³-hybridized carbons (Fsp3) is 0.583. The van der Waals surface area contributed by atoms with Gasteiger partial charge in [-0.1, -0.05) is 0 Å². The van der Waals surface area contributed by atoms with Gasteiger partial charge in [-0.25, -0.2) is 4.98 Å². The summed E-state index contributed by atoms with van der Waals surface area (Å²) < 4.78 is 0. The molecule has 0 bridgehead atoms. The molecule has 2 aliphatic rings. The van der Waals surface area contributed by atoms with Crippen molar-refractivity contribution in [2.75, 3.05) is 13.1 Å². The van der Waals surface area contributed by atoms with Gasteiger partial charge in [0, 0.05) is 18.5 Å². The van der Waals surface area contributed by atoms with Gasteiger partial charge >= 0.3 is 5.97 Å². The van der Waals surface area contributed by atoms with Crippen molar-refractivity contribution in [3.8, 4) is 0 Å². The molecule has 1 aromatic rings. The molecule has 2 atom stereocenters. The van der Waals surface area contributed by atoms with Gasteiger partial charge in [0.15, 0.2) is 0 Å². The summed E-state index contributed by atoms with van der Waals surface area (Å²) in [6.07, 6.45) is 2.21. The summed E-state index contributed by atoms with van der Waals surface area (Å²) in [5.74, 6) is -0.685. The van der Waals surface area contributed by atoms with E-state index in [0.29, 0.717) is 24.7 Å². The molecule has 0 aromatic carbocycles. The SMILES string of the molecule is O=C(O)[C@H]1CN(C(=O)c2cscn2)C[C@@H]1C1CC1. The Kier molecular flexibility index (Phi) is 2.81. The van der Waals surface area contributed by atoms with Crippen molar-refractivity contribution < 1.29 is 14.7 Å². The summed E-state index contributed by atoms with van der Waals surface area (Å²) in [6, 6.07) is 0. The molecule has 96 valence electrons. The highest BCUT2D eigenvalue weighted by Crippen LogP contribution is 2.44. The van der Waals surface area contributed by atoms with E-state index in [2.05, 4.69) is 4.98 Å². The van der Waals surface area contributed by atoms with Gasteiger partial charge in [-0.15, -0.1) is 11.3 Å². The van der Waals surface area contributed by atoms with E-state index >= 15 is 0 Å². The van der Waals surface area contributed by atoms with E-state index in [9.17, 15) is 14.7 Å². The van der Waals surface area contributed by atoms with Crippen molar-refractivity contribution in [3.05, 3.63) is 16.6 Å². The lowest BCUT2D eigenvalue weighted by molar-refractivity contribution is -0.142. The van der Waals surface area contributed by atoms with E-state index in [1.54, 1.807) is 15.8 Å². The standard InChI is InChI=1S/C12H14N2O3S/c15-11(10-5-18-6-13-10)14-3-8(7-1-2-7)9(4-14)12(16)17/h5-9H,1-4H2,(H,16,17)/t8-,9+/m1/s1. The lowest BCUT2D eigenvalue weighted by Gasteiger charge is -2.14. The zero-order valence-electron chi connectivity index (χ0n) is 9.78. The number of thiazole rings is 1. The minimum atomic E-state index is -0.777. The summed E-state index contributed by atoms with van der Waals surface area (Å²) >= 11 is 1.38. The Morgan fingerprint density at radius 2 is 2.17 bits per heavy atom. The summed E-state index contributed by atoms with van der Waals surface area (Å²) in [6.45, 7) is 0.894. The van der Waals surface area contributed by atoms with Crippen LogP contribution in [-0.2, 0) is 4.79 Å². The van der Waals surface area contributed by atoms with Crippen LogP contribution in [0.4, 0.5) is 0 Å². The summed E-state index contributed by atoms with van der Waals surface area (Å²) in [4.78, 5) is 29.0. The summed E-state index contributed by atoms with van der Waals surface area (Å²) in [5.41, 5.74) is 2.05. The smallest absolute Gasteiger partial charge is 0.308 e. The predicted molar refractivity (Wildman–Crippen MR) is 65.4 cm³/mol. The zero-order chi connectivity index (χ0) is 12.7. The number of hydrogen-bond donors (Lipinski definition) is 1. The molecule has 6 heteroatoms. The number of carbonyl (C=O) groups is 2. The molecule has 1 amide bonds. The van der Waals surface area contributed by atoms with Crippen molar-refractivity contribution in [2.45, 2.75) is 12.8 Å². The van der Waals surface area contributed by atoms with Gasteiger partial charge in [-0.3, -0.25) is 9.59 Å². The Bertz CT molecular complexity index is 470. The van der Waals surface area contributed by atoms with Gasteiger partial charge in [-0.05, 0) is 24.7 Å². The average molecular weight is 266 g/mol. The fourth-order valence-corrected chi connectivity index (χ4v) is 3.26. The van der Waals surface area contributed by atoms with Crippen molar-refractivity contribution >= 4 is 23.2 Å². The van der Waals surface area contributed by atoms with Crippen molar-refractivity contribution in [1.82, 2.24) is 9.88 Å². The van der Waals surface area contributed by atoms with E-state index in [1.165, 1.54) is 11.3 Å². The third-order valence-corrected chi connectivity index (χ3v) is 4.43. The van der Waals surface area contributed by atoms with Crippen molar-refractivity contribution in [3.63, 3.8) is 0 Å². The number of aliphatic carboxylic acids is 1. The van der Waals surface area contributed by atoms with Gasteiger partial charge in [0.2, 0.25) is 0 Å². The molecular formula is C12H14N2O3S. The second-order valence-corrected chi connectivity index (χ2v) is 5.75. The number of carbonyl (C=O) groups excluding carboxylic acids is 1. The monoisotopic (exact) mass is 266 g/mol. The quantitative estimate of drug-likeness (QED) is 0.896. The van der Waals surface area contributed by atoms with Crippen LogP contribution in [-0.4, -0.2) is 40.0 Å². The first-order valence-electron chi connectivity index (χ1n) is 6.07. The zero-order valence-corrected chi connectivity index (χ0v) is 10.6. The summed E-state index contributed by atoms with van der Waals surface area (Å²) in [5, 5.41) is 10.9. The molecular weight excluding hydrogens is 252 g/mol. The van der Waals surface area contributed by atoms with Gasteiger partial charge < -0.3 is 10.0 Å². The van der Waals surface area contributed by atoms with Crippen LogP contribution >= 0.6 is 11.3 Å². The fourth-order valence-electron chi connectivity index (χ4n) is 2.74. The molecule has 5 nitrogen and oxygen atoms in total. The van der Waals surface area contributed by atoms with Gasteiger partial charge in [0.05, 0.1) is 11.4 Å². The van der Waals surface area contributed by atoms with Crippen molar-refractivity contribution in [2.24, 2.45) is 17.8 Å². The molecule has 2 fully saturated rings. The third-order valence-electron chi connectivity index (χ3n) is 3.85. The van der Waals surface area contributed by atoms with Crippen LogP contribution in [0.15, 0.2) is 10.9 Å². The van der Waals surface area contributed by atoms with E-state index < -0.39 is 11.9 Å². The maximum Gasteiger partial charge on any atom is 0.308 e. The van der Waals surface area contributed by atoms with Crippen molar-refractivity contribution in [1.29, 1.82) is 0 Å². The second-order valence-electron chi connectivity index (χ2n) is 5.03. The second kappa shape index (κ2) is 4.35. The van der Waals surface area contributed by atoms with Crippen LogP contribution in [0.25, 0.3) is 0 Å². The first-order chi connectivity index (χ1) is 8.66. The Balaban J connectivity index is 1.75. The number of likely N-dealkylation sites (tertiary alicyclic amines) is 1. The molecule has 0 spiro atoms. The highest BCUT2D eigenvalue weighted by molar-refractivity contribution is 7.07. The lowest BCUT2D eigenvalue weighted by Crippen LogP contribution is -2.30. The van der Waals surface area contributed by atoms with E-state index in [4.69, 9.17) is 0 Å². The number of carboxylic acid groups (broad SMARTS) is 1. The molecule has 1 aromatic heterocycles. The number of carboxylic acids is 1. The number of rotatable bonds is 3. The molecule has 3 rings (SSSR count). The van der Waals surface area contributed by atoms with E-state index in [-0.39, 0.29) is 11.8 Å². The normalized spacial score (nSPS) is 27.4. The minimum absolute atomic E-state index is 0.130. The van der Waals surface area contributed by atoms with Gasteiger partial charge in [0.25, 0.3) is 5.91 Å². The topological polar surface area (TPSA) is 70.5 Å². The molecule has 1 saturated carbocycles. The molecule has 1 saturated heterocycles. The van der Waals surface area contributed by atoms with Crippen LogP contribution in [0.1, 0.15) is 23.3 Å². The Morgan fingerprint density at radius 3 is 2.72 bits per heavy atom. The maximum absolute atomic E-state index is 12.1. The van der Waals surface area contributed by atoms with Gasteiger partial charge in [0.1, 0.15) is 5.69 Å². The highest BCUT2D eigenvalue weighted by atomic mass is 32.1. The number of aromatic nitrogens is 1. The molecule has 0 unspecified atom stereocenters. The Hall–Kier alpha value is -1.43. The Labute approximate surface area is 108 Å². The third kappa shape index (κ3) is 2.01. The molecule has 0 radical (unpaired) electrons. The largest absolute Gasteiger partial charge is 0.481 e. The maximum atomic E-state index is 12.1. The number of nitrogens with zero attached hydrogens (tertiary/aromatic N) is 2. The molecule has 18 heavy (non-hydrogen) atoms. The number of hydrogen-bond acceptors (Lipinski definition) is 4. The van der Waals surface area contributed by atoms with Crippen LogP contribution in [0.3, 0.4) is 0 Å². The first-order valence-corrected chi connectivity index (χ1v) is 7.01. The van der Waals surface area contributed by atoms with Crippen LogP contribution in [0, 0.1) is 17.8 Å². The van der Waals surface area contributed by atoms with E-state index in [1.807, 2.05) is 0 Å². The van der Waals surface area contributed by atoms with Crippen LogP contribution in [0.5, 0.6) is 0 Å². The minimum Gasteiger partial charge on any atom is -0.481 e. The lowest BCUT2D eigenvalue weighted by atomic mass is 9.92. The summed E-state index contributed by atoms with van der Waals surface area (Å²) in [7, 11) is 0.